The summed E-state index contributed by atoms with van der Waals surface area (Å²) in [6.07, 6.45) is 9.94. The molecule has 0 radical (unpaired) electrons. The summed E-state index contributed by atoms with van der Waals surface area (Å²) < 4.78 is 3.34. The Labute approximate surface area is 234 Å². The van der Waals surface area contributed by atoms with Crippen molar-refractivity contribution in [3.05, 3.63) is 120 Å². The molecule has 2 aromatic heterocycles. The largest absolute Gasteiger partial charge is 1.00 e. The molecule has 186 valence electrons. The van der Waals surface area contributed by atoms with Crippen molar-refractivity contribution >= 4 is 11.8 Å². The van der Waals surface area contributed by atoms with Crippen LogP contribution in [0.15, 0.2) is 97.6 Å². The standard InChI is InChI=1S/C30H30N2O2.2BrH/c1-3-23-7-5-17-31(21-23)29(33)19-25-9-13-27(14-10-25)28-15-11-26(12-16-28)20-30(34)32-18-6-8-24(4-2)22-32;;/h5-18,21-22H,3-4,19-20H2,1-2H3;2*1H/q+2;;/p-2. The number of hydrogen-bond acceptors (Lipinski definition) is 2. The first kappa shape index (κ1) is 29.3. The van der Waals surface area contributed by atoms with Gasteiger partial charge in [0.1, 0.15) is 0 Å². The van der Waals surface area contributed by atoms with Crippen LogP contribution in [0.4, 0.5) is 0 Å². The Morgan fingerprint density at radius 3 is 1.25 bits per heavy atom. The van der Waals surface area contributed by atoms with Crippen molar-refractivity contribution < 1.29 is 52.7 Å². The fourth-order valence-electron chi connectivity index (χ4n) is 3.94. The highest BCUT2D eigenvalue weighted by Crippen LogP contribution is 2.21. The van der Waals surface area contributed by atoms with E-state index in [1.165, 1.54) is 0 Å². The highest BCUT2D eigenvalue weighted by atomic mass is 79.9. The zero-order valence-electron chi connectivity index (χ0n) is 20.5. The Morgan fingerprint density at radius 2 is 0.917 bits per heavy atom. The monoisotopic (exact) mass is 608 g/mol. The van der Waals surface area contributed by atoms with Gasteiger partial charge in [0.2, 0.25) is 0 Å². The van der Waals surface area contributed by atoms with Gasteiger partial charge in [-0.15, -0.1) is 9.13 Å². The fourth-order valence-corrected chi connectivity index (χ4v) is 3.94. The molecule has 0 amide bonds. The van der Waals surface area contributed by atoms with Crippen molar-refractivity contribution in [2.24, 2.45) is 0 Å². The molecular weight excluding hydrogens is 580 g/mol. The van der Waals surface area contributed by atoms with Crippen molar-refractivity contribution in [1.29, 1.82) is 0 Å². The highest BCUT2D eigenvalue weighted by molar-refractivity contribution is 5.72. The topological polar surface area (TPSA) is 41.9 Å². The lowest BCUT2D eigenvalue weighted by atomic mass is 10.0. The molecule has 0 unspecified atom stereocenters. The molecule has 2 heterocycles. The summed E-state index contributed by atoms with van der Waals surface area (Å²) in [5.41, 5.74) is 6.42. The number of benzene rings is 2. The minimum absolute atomic E-state index is 0. The number of rotatable bonds is 7. The fraction of sp³-hybridized carbons (Fsp3) is 0.200. The van der Waals surface area contributed by atoms with Crippen molar-refractivity contribution in [3.63, 3.8) is 0 Å². The van der Waals surface area contributed by atoms with Gasteiger partial charge in [0, 0.05) is 23.3 Å². The smallest absolute Gasteiger partial charge is 0.396 e. The molecule has 4 nitrogen and oxygen atoms in total. The zero-order chi connectivity index (χ0) is 23.9. The van der Waals surface area contributed by atoms with Gasteiger partial charge in [-0.2, -0.15) is 0 Å². The maximum atomic E-state index is 12.6. The highest BCUT2D eigenvalue weighted by Gasteiger charge is 2.16. The molecule has 0 saturated heterocycles. The summed E-state index contributed by atoms with van der Waals surface area (Å²) in [4.78, 5) is 25.3. The predicted octanol–water partition coefficient (Wildman–Crippen LogP) is -1.17. The first-order chi connectivity index (χ1) is 16.6. The summed E-state index contributed by atoms with van der Waals surface area (Å²) >= 11 is 0. The SMILES string of the molecule is CCc1ccc[n+](C(=O)Cc2ccc(-c3ccc(CC(=O)[n+]4cccc(CC)c4)cc3)cc2)c1.[Br-].[Br-]. The van der Waals surface area contributed by atoms with Crippen LogP contribution in [0.25, 0.3) is 11.1 Å². The van der Waals surface area contributed by atoms with Crippen LogP contribution >= 0.6 is 0 Å². The van der Waals surface area contributed by atoms with E-state index >= 15 is 0 Å². The third-order valence-electron chi connectivity index (χ3n) is 6.07. The second-order valence-electron chi connectivity index (χ2n) is 8.48. The molecule has 0 fully saturated rings. The molecule has 0 spiro atoms. The van der Waals surface area contributed by atoms with Crippen LogP contribution in [0.2, 0.25) is 0 Å². The molecule has 2 aromatic carbocycles. The van der Waals surface area contributed by atoms with E-state index in [1.54, 1.807) is 21.5 Å². The van der Waals surface area contributed by atoms with Gasteiger partial charge >= 0.3 is 11.8 Å². The number of halogens is 2. The minimum Gasteiger partial charge on any atom is -1.00 e. The lowest BCUT2D eigenvalue weighted by molar-refractivity contribution is -0.575. The summed E-state index contributed by atoms with van der Waals surface area (Å²) in [5, 5.41) is 0. The molecule has 0 saturated carbocycles. The van der Waals surface area contributed by atoms with Crippen LogP contribution in [0.3, 0.4) is 0 Å². The van der Waals surface area contributed by atoms with Gasteiger partial charge in [0.25, 0.3) is 0 Å². The van der Waals surface area contributed by atoms with Gasteiger partial charge < -0.3 is 34.0 Å². The average Bonchev–Trinajstić information content (AvgIpc) is 2.89. The van der Waals surface area contributed by atoms with Gasteiger partial charge in [-0.1, -0.05) is 62.4 Å². The number of hydrogen-bond donors (Lipinski definition) is 0. The van der Waals surface area contributed by atoms with Crippen LogP contribution in [0, 0.1) is 0 Å². The third kappa shape index (κ3) is 7.52. The van der Waals surface area contributed by atoms with Crippen molar-refractivity contribution in [2.75, 3.05) is 0 Å². The van der Waals surface area contributed by atoms with E-state index in [9.17, 15) is 9.59 Å². The number of aromatic nitrogens is 2. The number of aryl methyl sites for hydroxylation is 2. The Kier molecular flexibility index (Phi) is 11.3. The van der Waals surface area contributed by atoms with Crippen LogP contribution in [-0.2, 0) is 25.7 Å². The maximum absolute atomic E-state index is 12.6. The number of pyridine rings is 2. The lowest BCUT2D eigenvalue weighted by Gasteiger charge is -2.05. The van der Waals surface area contributed by atoms with Crippen LogP contribution in [0.1, 0.15) is 45.7 Å². The van der Waals surface area contributed by atoms with Gasteiger partial charge in [-0.3, -0.25) is 0 Å². The van der Waals surface area contributed by atoms with E-state index in [0.29, 0.717) is 12.8 Å². The third-order valence-corrected chi connectivity index (χ3v) is 6.07. The van der Waals surface area contributed by atoms with E-state index < -0.39 is 0 Å². The normalized spacial score (nSPS) is 10.2. The summed E-state index contributed by atoms with van der Waals surface area (Å²) in [6, 6.07) is 24.1. The molecule has 36 heavy (non-hydrogen) atoms. The number of carbonyl (C=O) groups excluding carboxylic acids is 2. The molecule has 0 aliphatic carbocycles. The Hall–Kier alpha value is -2.96. The molecule has 0 N–H and O–H groups in total. The van der Waals surface area contributed by atoms with Gasteiger partial charge in [0.15, 0.2) is 24.8 Å². The summed E-state index contributed by atoms with van der Waals surface area (Å²) in [6.45, 7) is 4.16. The molecule has 6 heteroatoms. The first-order valence-corrected chi connectivity index (χ1v) is 11.8. The molecule has 0 aliphatic rings. The van der Waals surface area contributed by atoms with Gasteiger partial charge in [-0.05, 0) is 47.2 Å². The average molecular weight is 610 g/mol. The van der Waals surface area contributed by atoms with Gasteiger partial charge in [-0.25, -0.2) is 9.59 Å². The van der Waals surface area contributed by atoms with Crippen LogP contribution in [0.5, 0.6) is 0 Å². The summed E-state index contributed by atoms with van der Waals surface area (Å²) in [5.74, 6) is 0.110. The van der Waals surface area contributed by atoms with E-state index in [1.807, 2.05) is 85.2 Å². The van der Waals surface area contributed by atoms with Crippen LogP contribution in [-0.4, -0.2) is 11.8 Å². The summed E-state index contributed by atoms with van der Waals surface area (Å²) in [7, 11) is 0. The van der Waals surface area contributed by atoms with E-state index in [2.05, 4.69) is 13.8 Å². The second-order valence-corrected chi connectivity index (χ2v) is 8.48. The Bertz CT molecular complexity index is 1200. The molecule has 0 aliphatic heterocycles. The van der Waals surface area contributed by atoms with Crippen LogP contribution < -0.4 is 43.1 Å². The minimum atomic E-state index is 0. The maximum Gasteiger partial charge on any atom is 0.396 e. The molecule has 4 aromatic rings. The Morgan fingerprint density at radius 1 is 0.556 bits per heavy atom. The zero-order valence-corrected chi connectivity index (χ0v) is 23.7. The second kappa shape index (κ2) is 14.0. The molecule has 0 atom stereocenters. The molecule has 0 bridgehead atoms. The van der Waals surface area contributed by atoms with E-state index in [4.69, 9.17) is 0 Å². The molecule has 4 rings (SSSR count). The number of carbonyl (C=O) groups is 2. The number of nitrogens with zero attached hydrogens (tertiary/aromatic N) is 2. The van der Waals surface area contributed by atoms with Crippen molar-refractivity contribution in [3.8, 4) is 11.1 Å². The first-order valence-electron chi connectivity index (χ1n) is 11.8. The predicted molar refractivity (Wildman–Crippen MR) is 133 cm³/mol. The Balaban J connectivity index is 0.00000228. The van der Waals surface area contributed by atoms with E-state index in [-0.39, 0.29) is 45.8 Å². The van der Waals surface area contributed by atoms with Crippen molar-refractivity contribution in [2.45, 2.75) is 39.5 Å². The van der Waals surface area contributed by atoms with Crippen molar-refractivity contribution in [1.82, 2.24) is 0 Å². The quantitative estimate of drug-likeness (QED) is 0.248. The molecular formula is C30H30Br2N2O2. The van der Waals surface area contributed by atoms with Gasteiger partial charge in [0.05, 0.1) is 12.8 Å². The van der Waals surface area contributed by atoms with E-state index in [0.717, 1.165) is 46.2 Å². The lowest BCUT2D eigenvalue weighted by Crippen LogP contribution is -3.00.